The van der Waals surface area contributed by atoms with Gasteiger partial charge < -0.3 is 39.7 Å². The van der Waals surface area contributed by atoms with E-state index in [2.05, 4.69) is 0 Å². The summed E-state index contributed by atoms with van der Waals surface area (Å²) in [6.07, 6.45) is 0.178. The van der Waals surface area contributed by atoms with Gasteiger partial charge in [0.2, 0.25) is 0 Å². The third-order valence-corrected chi connectivity index (χ3v) is 5.23. The Morgan fingerprint density at radius 1 is 0.696 bits per heavy atom. The maximum Gasteiger partial charge on any atom is 0.327 e. The fourth-order valence-corrected chi connectivity index (χ4v) is 2.59. The van der Waals surface area contributed by atoms with Gasteiger partial charge in [0.1, 0.15) is 0 Å². The number of rotatable bonds is 14. The van der Waals surface area contributed by atoms with E-state index < -0.39 is 58.1 Å². The van der Waals surface area contributed by atoms with Crippen molar-refractivity contribution in [2.75, 3.05) is 59.5 Å². The first-order valence-corrected chi connectivity index (χ1v) is 9.29. The molecule has 140 valence electrons. The minimum Gasteiger partial charge on any atom is -0.396 e. The second-order valence-electron chi connectivity index (χ2n) is 5.89. The monoisotopic (exact) mass is 360 g/mol. The third-order valence-electron chi connectivity index (χ3n) is 3.93. The average molecular weight is 360 g/mol. The Kier molecular flexibility index (Phi) is 10.7. The molecule has 0 unspecified atom stereocenters. The maximum absolute atomic E-state index is 12.1. The van der Waals surface area contributed by atoms with Gasteiger partial charge in [0.25, 0.3) is 0 Å². The second kappa shape index (κ2) is 10.7. The predicted molar refractivity (Wildman–Crippen MR) is 82.0 cm³/mol. The van der Waals surface area contributed by atoms with Crippen molar-refractivity contribution in [2.24, 2.45) is 10.8 Å². The van der Waals surface area contributed by atoms with Crippen LogP contribution in [0.15, 0.2) is 0 Å². The lowest BCUT2D eigenvalue weighted by atomic mass is 9.88. The molecule has 0 saturated carbocycles. The van der Waals surface area contributed by atoms with E-state index in [4.69, 9.17) is 9.05 Å². The number of hydrogen-bond donors (Lipinski definition) is 6. The van der Waals surface area contributed by atoms with Gasteiger partial charge in [-0.05, 0) is 12.8 Å². The van der Waals surface area contributed by atoms with Crippen LogP contribution in [0.25, 0.3) is 0 Å². The van der Waals surface area contributed by atoms with E-state index in [9.17, 15) is 35.2 Å². The molecule has 6 N–H and O–H groups in total. The summed E-state index contributed by atoms with van der Waals surface area (Å²) in [7, 11) is -3.42. The normalized spacial score (nSPS) is 13.5. The van der Waals surface area contributed by atoms with Gasteiger partial charge in [-0.2, -0.15) is 0 Å². The van der Waals surface area contributed by atoms with Gasteiger partial charge in [-0.3, -0.25) is 4.57 Å². The molecule has 0 aliphatic heterocycles. The summed E-state index contributed by atoms with van der Waals surface area (Å²) in [5.41, 5.74) is -2.22. The SMILES string of the molecule is CP(=O)(OCCC(CO)(CO)CO)OCCC(CO)(CO)CO. The lowest BCUT2D eigenvalue weighted by Crippen LogP contribution is -2.35. The van der Waals surface area contributed by atoms with Crippen LogP contribution in [-0.2, 0) is 13.6 Å². The van der Waals surface area contributed by atoms with Crippen molar-refractivity contribution < 1.29 is 44.3 Å². The van der Waals surface area contributed by atoms with Crippen LogP contribution in [-0.4, -0.2) is 90.2 Å². The molecule has 0 rings (SSSR count). The first-order valence-electron chi connectivity index (χ1n) is 7.30. The summed E-state index contributed by atoms with van der Waals surface area (Å²) < 4.78 is 22.3. The highest BCUT2D eigenvalue weighted by molar-refractivity contribution is 7.52. The van der Waals surface area contributed by atoms with Crippen molar-refractivity contribution >= 4 is 7.60 Å². The molecule has 0 aromatic rings. The van der Waals surface area contributed by atoms with E-state index in [-0.39, 0.29) is 26.1 Å². The highest BCUT2D eigenvalue weighted by Gasteiger charge is 2.31. The molecule has 0 amide bonds. The van der Waals surface area contributed by atoms with Gasteiger partial charge in [-0.15, -0.1) is 0 Å². The van der Waals surface area contributed by atoms with Gasteiger partial charge in [-0.1, -0.05) is 0 Å². The molecule has 0 atom stereocenters. The van der Waals surface area contributed by atoms with Crippen LogP contribution in [0.3, 0.4) is 0 Å². The minimum absolute atomic E-state index is 0.0888. The summed E-state index contributed by atoms with van der Waals surface area (Å²) >= 11 is 0. The Bertz CT molecular complexity index is 309. The standard InChI is InChI=1S/C13H29O9P/c1-23(20,21-4-2-12(6-14,7-15)8-16)22-5-3-13(9-17,10-18)11-19/h14-19H,2-11H2,1H3. The molecule has 0 aliphatic rings. The van der Waals surface area contributed by atoms with Crippen LogP contribution in [0.4, 0.5) is 0 Å². The Labute approximate surface area is 136 Å². The van der Waals surface area contributed by atoms with Crippen molar-refractivity contribution in [1.82, 2.24) is 0 Å². The fourth-order valence-electron chi connectivity index (χ4n) is 1.67. The Balaban J connectivity index is 4.32. The Morgan fingerprint density at radius 2 is 0.957 bits per heavy atom. The molecule has 0 aromatic heterocycles. The van der Waals surface area contributed by atoms with Crippen molar-refractivity contribution in [2.45, 2.75) is 12.8 Å². The topological polar surface area (TPSA) is 157 Å². The van der Waals surface area contributed by atoms with Gasteiger partial charge in [-0.25, -0.2) is 0 Å². The number of aliphatic hydroxyl groups excluding tert-OH is 6. The fraction of sp³-hybridized carbons (Fsp3) is 1.00. The predicted octanol–water partition coefficient (Wildman–Crippen LogP) is -1.45. The molecule has 0 bridgehead atoms. The van der Waals surface area contributed by atoms with E-state index in [1.54, 1.807) is 0 Å². The summed E-state index contributed by atoms with van der Waals surface area (Å²) in [5.74, 6) is 0. The molecular formula is C13H29O9P. The van der Waals surface area contributed by atoms with Crippen molar-refractivity contribution in [3.05, 3.63) is 0 Å². The highest BCUT2D eigenvalue weighted by Crippen LogP contribution is 2.45. The molecule has 9 nitrogen and oxygen atoms in total. The Hall–Kier alpha value is -0.0900. The average Bonchev–Trinajstić information content (AvgIpc) is 2.56. The summed E-state index contributed by atoms with van der Waals surface area (Å²) in [4.78, 5) is 0. The summed E-state index contributed by atoms with van der Waals surface area (Å²) in [6, 6.07) is 0. The first-order chi connectivity index (χ1) is 10.8. The van der Waals surface area contributed by atoms with E-state index in [0.717, 1.165) is 0 Å². The van der Waals surface area contributed by atoms with Gasteiger partial charge >= 0.3 is 7.60 Å². The molecule has 10 heteroatoms. The van der Waals surface area contributed by atoms with Gasteiger partial charge in [0.15, 0.2) is 0 Å². The summed E-state index contributed by atoms with van der Waals surface area (Å²) in [5, 5.41) is 55.0. The van der Waals surface area contributed by atoms with Gasteiger partial charge in [0.05, 0.1) is 52.9 Å². The van der Waals surface area contributed by atoms with E-state index in [1.807, 2.05) is 0 Å². The smallest absolute Gasteiger partial charge is 0.327 e. The maximum atomic E-state index is 12.1. The molecule has 0 radical (unpaired) electrons. The second-order valence-corrected chi connectivity index (χ2v) is 7.95. The Morgan fingerprint density at radius 3 is 1.17 bits per heavy atom. The molecule has 0 saturated heterocycles. The molecule has 0 aromatic carbocycles. The van der Waals surface area contributed by atoms with Crippen molar-refractivity contribution in [1.29, 1.82) is 0 Å². The van der Waals surface area contributed by atoms with E-state index in [0.29, 0.717) is 0 Å². The van der Waals surface area contributed by atoms with Gasteiger partial charge in [0, 0.05) is 17.5 Å². The number of aliphatic hydroxyl groups is 6. The highest BCUT2D eigenvalue weighted by atomic mass is 31.2. The quantitative estimate of drug-likeness (QED) is 0.204. The zero-order valence-corrected chi connectivity index (χ0v) is 14.3. The molecule has 0 aliphatic carbocycles. The third kappa shape index (κ3) is 7.55. The van der Waals surface area contributed by atoms with Crippen LogP contribution in [0, 0.1) is 10.8 Å². The van der Waals surface area contributed by atoms with Crippen molar-refractivity contribution in [3.63, 3.8) is 0 Å². The zero-order chi connectivity index (χ0) is 18.0. The lowest BCUT2D eigenvalue weighted by Gasteiger charge is -2.28. The molecule has 0 heterocycles. The first kappa shape index (κ1) is 22.9. The minimum atomic E-state index is -3.42. The van der Waals surface area contributed by atoms with Crippen LogP contribution < -0.4 is 0 Å². The van der Waals surface area contributed by atoms with Crippen molar-refractivity contribution in [3.8, 4) is 0 Å². The van der Waals surface area contributed by atoms with E-state index in [1.165, 1.54) is 6.66 Å². The largest absolute Gasteiger partial charge is 0.396 e. The van der Waals surface area contributed by atoms with Crippen LogP contribution >= 0.6 is 7.60 Å². The zero-order valence-electron chi connectivity index (χ0n) is 13.4. The molecule has 0 fully saturated rings. The van der Waals surface area contributed by atoms with Crippen LogP contribution in [0.1, 0.15) is 12.8 Å². The van der Waals surface area contributed by atoms with Crippen LogP contribution in [0.2, 0.25) is 0 Å². The molecule has 0 spiro atoms. The van der Waals surface area contributed by atoms with Crippen LogP contribution in [0.5, 0.6) is 0 Å². The summed E-state index contributed by atoms with van der Waals surface area (Å²) in [6.45, 7) is -1.59. The molecule has 23 heavy (non-hydrogen) atoms. The lowest BCUT2D eigenvalue weighted by molar-refractivity contribution is -0.0145. The number of hydrogen-bond acceptors (Lipinski definition) is 9. The van der Waals surface area contributed by atoms with E-state index >= 15 is 0 Å². The molecular weight excluding hydrogens is 331 g/mol.